The van der Waals surface area contributed by atoms with Crippen LogP contribution in [0, 0.1) is 12.8 Å². The normalized spacial score (nSPS) is 16.5. The maximum absolute atomic E-state index is 11.5. The molecule has 19 heavy (non-hydrogen) atoms. The first kappa shape index (κ1) is 14.5. The first-order valence-electron chi connectivity index (χ1n) is 6.66. The van der Waals surface area contributed by atoms with Crippen LogP contribution in [0.3, 0.4) is 0 Å². The predicted molar refractivity (Wildman–Crippen MR) is 76.5 cm³/mol. The van der Waals surface area contributed by atoms with Gasteiger partial charge in [0.2, 0.25) is 0 Å². The molecule has 0 bridgehead atoms. The molecule has 106 valence electrons. The van der Waals surface area contributed by atoms with E-state index in [1.807, 2.05) is 11.8 Å². The molecule has 1 aromatic rings. The van der Waals surface area contributed by atoms with Crippen LogP contribution in [-0.2, 0) is 11.3 Å². The Bertz CT molecular complexity index is 424. The molecular weight excluding hydrogens is 262 g/mol. The van der Waals surface area contributed by atoms with Gasteiger partial charge < -0.3 is 14.5 Å². The van der Waals surface area contributed by atoms with Crippen molar-refractivity contribution < 1.29 is 13.9 Å². The molecule has 0 spiro atoms. The second kappa shape index (κ2) is 7.01. The van der Waals surface area contributed by atoms with Crippen LogP contribution in [-0.4, -0.2) is 31.1 Å². The highest BCUT2D eigenvalue weighted by Gasteiger charge is 2.16. The summed E-state index contributed by atoms with van der Waals surface area (Å²) in [4.78, 5) is 11.5. The Morgan fingerprint density at radius 2 is 2.26 bits per heavy atom. The number of carbonyl (C=O) groups is 1. The van der Waals surface area contributed by atoms with Crippen molar-refractivity contribution in [3.05, 3.63) is 23.2 Å². The van der Waals surface area contributed by atoms with Crippen LogP contribution in [0.2, 0.25) is 0 Å². The zero-order chi connectivity index (χ0) is 13.7. The van der Waals surface area contributed by atoms with Gasteiger partial charge in [0, 0.05) is 0 Å². The van der Waals surface area contributed by atoms with Crippen LogP contribution in [0.5, 0.6) is 0 Å². The third-order valence-electron chi connectivity index (χ3n) is 3.45. The van der Waals surface area contributed by atoms with Crippen LogP contribution in [0.4, 0.5) is 0 Å². The third kappa shape index (κ3) is 4.01. The number of furan rings is 1. The number of methoxy groups -OCH3 is 1. The minimum Gasteiger partial charge on any atom is -0.465 e. The lowest BCUT2D eigenvalue weighted by Gasteiger charge is -2.21. The van der Waals surface area contributed by atoms with Gasteiger partial charge in [-0.25, -0.2) is 4.79 Å². The molecule has 0 aromatic carbocycles. The topological polar surface area (TPSA) is 51.5 Å². The first-order valence-corrected chi connectivity index (χ1v) is 7.82. The van der Waals surface area contributed by atoms with Crippen LogP contribution < -0.4 is 5.32 Å². The Morgan fingerprint density at radius 1 is 1.53 bits per heavy atom. The molecule has 1 N–H and O–H groups in total. The lowest BCUT2D eigenvalue weighted by molar-refractivity contribution is 0.0599. The van der Waals surface area contributed by atoms with E-state index in [9.17, 15) is 4.79 Å². The summed E-state index contributed by atoms with van der Waals surface area (Å²) < 4.78 is 10.3. The number of nitrogens with one attached hydrogen (secondary N) is 1. The maximum Gasteiger partial charge on any atom is 0.341 e. The van der Waals surface area contributed by atoms with Crippen molar-refractivity contribution in [3.8, 4) is 0 Å². The number of hydrogen-bond acceptors (Lipinski definition) is 5. The highest BCUT2D eigenvalue weighted by Crippen LogP contribution is 2.22. The molecule has 0 radical (unpaired) electrons. The van der Waals surface area contributed by atoms with Crippen LogP contribution >= 0.6 is 11.8 Å². The van der Waals surface area contributed by atoms with E-state index in [-0.39, 0.29) is 5.97 Å². The zero-order valence-corrected chi connectivity index (χ0v) is 12.3. The molecule has 2 rings (SSSR count). The summed E-state index contributed by atoms with van der Waals surface area (Å²) in [5, 5.41) is 3.41. The Labute approximate surface area is 118 Å². The smallest absolute Gasteiger partial charge is 0.341 e. The second-order valence-corrected chi connectivity index (χ2v) is 6.09. The SMILES string of the molecule is COC(=O)c1cc(CNCC2CCSCC2)oc1C. The third-order valence-corrected chi connectivity index (χ3v) is 4.50. The Hall–Kier alpha value is -0.940. The van der Waals surface area contributed by atoms with E-state index in [1.165, 1.54) is 31.5 Å². The molecule has 1 aromatic heterocycles. The zero-order valence-electron chi connectivity index (χ0n) is 11.5. The van der Waals surface area contributed by atoms with Gasteiger partial charge in [0.1, 0.15) is 17.1 Å². The average molecular weight is 283 g/mol. The van der Waals surface area contributed by atoms with Crippen molar-refractivity contribution >= 4 is 17.7 Å². The molecule has 1 aliphatic heterocycles. The first-order chi connectivity index (χ1) is 9.20. The van der Waals surface area contributed by atoms with Gasteiger partial charge in [-0.15, -0.1) is 0 Å². The number of esters is 1. The molecule has 0 atom stereocenters. The number of aryl methyl sites for hydroxylation is 1. The summed E-state index contributed by atoms with van der Waals surface area (Å²) >= 11 is 2.04. The summed E-state index contributed by atoms with van der Waals surface area (Å²) in [5.74, 6) is 4.41. The summed E-state index contributed by atoms with van der Waals surface area (Å²) in [6.07, 6.45) is 2.59. The lowest BCUT2D eigenvalue weighted by Crippen LogP contribution is -2.25. The van der Waals surface area contributed by atoms with E-state index in [0.29, 0.717) is 17.9 Å². The molecule has 1 fully saturated rings. The van der Waals surface area contributed by atoms with Gasteiger partial charge in [-0.1, -0.05) is 0 Å². The van der Waals surface area contributed by atoms with Crippen molar-refractivity contribution in [2.75, 3.05) is 25.2 Å². The van der Waals surface area contributed by atoms with Gasteiger partial charge in [-0.05, 0) is 49.8 Å². The van der Waals surface area contributed by atoms with E-state index >= 15 is 0 Å². The van der Waals surface area contributed by atoms with E-state index in [4.69, 9.17) is 9.15 Å². The minimum atomic E-state index is -0.336. The number of thioether (sulfide) groups is 1. The number of hydrogen-bond donors (Lipinski definition) is 1. The fourth-order valence-electron chi connectivity index (χ4n) is 2.29. The van der Waals surface area contributed by atoms with Crippen molar-refractivity contribution in [2.45, 2.75) is 26.3 Å². The number of carbonyl (C=O) groups excluding carboxylic acids is 1. The summed E-state index contributed by atoms with van der Waals surface area (Å²) in [6, 6.07) is 1.77. The predicted octanol–water partition coefficient (Wildman–Crippen LogP) is 2.61. The largest absolute Gasteiger partial charge is 0.465 e. The number of rotatable bonds is 5. The Kier molecular flexibility index (Phi) is 5.34. The van der Waals surface area contributed by atoms with Crippen LogP contribution in [0.15, 0.2) is 10.5 Å². The van der Waals surface area contributed by atoms with Gasteiger partial charge in [0.25, 0.3) is 0 Å². The van der Waals surface area contributed by atoms with Crippen molar-refractivity contribution in [1.82, 2.24) is 5.32 Å². The quantitative estimate of drug-likeness (QED) is 0.842. The van der Waals surface area contributed by atoms with E-state index in [0.717, 1.165) is 18.2 Å². The Balaban J connectivity index is 1.81. The van der Waals surface area contributed by atoms with Crippen LogP contribution in [0.1, 0.15) is 34.7 Å². The van der Waals surface area contributed by atoms with Gasteiger partial charge in [-0.2, -0.15) is 11.8 Å². The fourth-order valence-corrected chi connectivity index (χ4v) is 3.50. The van der Waals surface area contributed by atoms with Crippen molar-refractivity contribution in [3.63, 3.8) is 0 Å². The van der Waals surface area contributed by atoms with Crippen molar-refractivity contribution in [2.24, 2.45) is 5.92 Å². The van der Waals surface area contributed by atoms with Gasteiger partial charge in [0.15, 0.2) is 0 Å². The number of ether oxygens (including phenoxy) is 1. The molecule has 4 nitrogen and oxygen atoms in total. The molecular formula is C14H21NO3S. The molecule has 0 unspecified atom stereocenters. The monoisotopic (exact) mass is 283 g/mol. The van der Waals surface area contributed by atoms with E-state index in [2.05, 4.69) is 5.32 Å². The molecule has 0 aliphatic carbocycles. The van der Waals surface area contributed by atoms with Crippen molar-refractivity contribution in [1.29, 1.82) is 0 Å². The molecule has 0 amide bonds. The van der Waals surface area contributed by atoms with Crippen LogP contribution in [0.25, 0.3) is 0 Å². The summed E-state index contributed by atoms with van der Waals surface area (Å²) in [7, 11) is 1.38. The second-order valence-electron chi connectivity index (χ2n) is 4.86. The lowest BCUT2D eigenvalue weighted by atomic mass is 10.0. The molecule has 1 aliphatic rings. The van der Waals surface area contributed by atoms with E-state index < -0.39 is 0 Å². The standard InChI is InChI=1S/C14H21NO3S/c1-10-13(14(16)17-2)7-12(18-10)9-15-8-11-3-5-19-6-4-11/h7,11,15H,3-6,8-9H2,1-2H3. The molecule has 2 heterocycles. The highest BCUT2D eigenvalue weighted by molar-refractivity contribution is 7.99. The summed E-state index contributed by atoms with van der Waals surface area (Å²) in [6.45, 7) is 3.48. The van der Waals surface area contributed by atoms with Gasteiger partial charge in [-0.3, -0.25) is 0 Å². The van der Waals surface area contributed by atoms with Gasteiger partial charge in [0.05, 0.1) is 13.7 Å². The fraction of sp³-hybridized carbons (Fsp3) is 0.643. The highest BCUT2D eigenvalue weighted by atomic mass is 32.2. The molecule has 1 saturated heterocycles. The Morgan fingerprint density at radius 3 is 2.95 bits per heavy atom. The minimum absolute atomic E-state index is 0.336. The van der Waals surface area contributed by atoms with Gasteiger partial charge >= 0.3 is 5.97 Å². The summed E-state index contributed by atoms with van der Waals surface area (Å²) in [5.41, 5.74) is 0.522. The molecule has 5 heteroatoms. The average Bonchev–Trinajstić information content (AvgIpc) is 2.80. The molecule has 0 saturated carbocycles. The van der Waals surface area contributed by atoms with E-state index in [1.54, 1.807) is 13.0 Å². The maximum atomic E-state index is 11.5.